The predicted octanol–water partition coefficient (Wildman–Crippen LogP) is 0.915. The second-order valence-electron chi connectivity index (χ2n) is 4.65. The molecule has 0 saturated heterocycles. The van der Waals surface area contributed by atoms with Crippen molar-refractivity contribution >= 4 is 15.8 Å². The number of hydrogen-bond acceptors (Lipinski definition) is 5. The van der Waals surface area contributed by atoms with Crippen LogP contribution in [0.1, 0.15) is 11.4 Å². The fourth-order valence-electron chi connectivity index (χ4n) is 2.12. The molecular weight excluding hydrogens is 290 g/mol. The lowest BCUT2D eigenvalue weighted by atomic mass is 10.4. The molecule has 0 unspecified atom stereocenters. The second kappa shape index (κ2) is 6.23. The zero-order valence-corrected chi connectivity index (χ0v) is 13.1. The molecule has 0 aliphatic carbocycles. The first-order chi connectivity index (χ1) is 9.95. The molecule has 0 amide bonds. The van der Waals surface area contributed by atoms with Crippen LogP contribution in [-0.4, -0.2) is 36.8 Å². The number of aryl methyl sites for hydroxylation is 1. The number of rotatable bonds is 6. The summed E-state index contributed by atoms with van der Waals surface area (Å²) in [6, 6.07) is 5.05. The van der Waals surface area contributed by atoms with Crippen molar-refractivity contribution in [2.24, 2.45) is 0 Å². The van der Waals surface area contributed by atoms with E-state index in [-0.39, 0.29) is 4.90 Å². The van der Waals surface area contributed by atoms with E-state index in [0.29, 0.717) is 23.8 Å². The van der Waals surface area contributed by atoms with Gasteiger partial charge in [0.2, 0.25) is 0 Å². The Kier molecular flexibility index (Phi) is 4.59. The Morgan fingerprint density at radius 1 is 1.29 bits per heavy atom. The van der Waals surface area contributed by atoms with Crippen LogP contribution in [0, 0.1) is 13.8 Å². The van der Waals surface area contributed by atoms with Gasteiger partial charge in [0.05, 0.1) is 17.9 Å². The molecule has 2 aromatic rings. The van der Waals surface area contributed by atoms with Gasteiger partial charge in [0.15, 0.2) is 0 Å². The number of nitrogens with zero attached hydrogens (tertiary/aromatic N) is 3. The molecule has 21 heavy (non-hydrogen) atoms. The quantitative estimate of drug-likeness (QED) is 0.828. The van der Waals surface area contributed by atoms with Crippen molar-refractivity contribution in [3.63, 3.8) is 0 Å². The van der Waals surface area contributed by atoms with Gasteiger partial charge in [-0.05, 0) is 33.0 Å². The Morgan fingerprint density at radius 2 is 2.05 bits per heavy atom. The van der Waals surface area contributed by atoms with Crippen molar-refractivity contribution in [1.29, 1.82) is 0 Å². The molecule has 2 rings (SSSR count). The van der Waals surface area contributed by atoms with Crippen molar-refractivity contribution in [1.82, 2.24) is 20.1 Å². The van der Waals surface area contributed by atoms with Crippen LogP contribution in [-0.2, 0) is 16.6 Å². The third-order valence-corrected chi connectivity index (χ3v) is 4.67. The summed E-state index contributed by atoms with van der Waals surface area (Å²) in [5, 5.41) is 7.31. The van der Waals surface area contributed by atoms with Gasteiger partial charge in [0.1, 0.15) is 10.7 Å². The first-order valence-corrected chi connectivity index (χ1v) is 8.06. The highest BCUT2D eigenvalue weighted by Gasteiger charge is 2.24. The Morgan fingerprint density at radius 3 is 2.67 bits per heavy atom. The molecule has 0 aromatic carbocycles. The highest BCUT2D eigenvalue weighted by molar-refractivity contribution is 7.92. The minimum absolute atomic E-state index is 0.212. The number of anilines is 1. The number of nitrogens with one attached hydrogen (secondary N) is 2. The normalized spacial score (nSPS) is 11.6. The minimum Gasteiger partial charge on any atom is -0.318 e. The van der Waals surface area contributed by atoms with Gasteiger partial charge in [0, 0.05) is 12.7 Å². The molecule has 0 spiro atoms. The molecule has 0 atom stereocenters. The highest BCUT2D eigenvalue weighted by atomic mass is 32.2. The molecule has 114 valence electrons. The summed E-state index contributed by atoms with van der Waals surface area (Å²) < 4.78 is 29.2. The first-order valence-electron chi connectivity index (χ1n) is 6.58. The van der Waals surface area contributed by atoms with Crippen molar-refractivity contribution < 1.29 is 8.42 Å². The molecule has 2 heterocycles. The van der Waals surface area contributed by atoms with E-state index in [1.54, 1.807) is 36.7 Å². The lowest BCUT2D eigenvalue weighted by molar-refractivity contribution is 0.566. The lowest BCUT2D eigenvalue weighted by Gasteiger charge is -2.08. The fourth-order valence-corrected chi connectivity index (χ4v) is 3.54. The van der Waals surface area contributed by atoms with Gasteiger partial charge < -0.3 is 5.32 Å². The summed E-state index contributed by atoms with van der Waals surface area (Å²) in [6.45, 7) is 4.77. The van der Waals surface area contributed by atoms with Gasteiger partial charge in [-0.3, -0.25) is 9.40 Å². The number of aromatic nitrogens is 3. The maximum atomic E-state index is 12.5. The van der Waals surface area contributed by atoms with Gasteiger partial charge in [0.25, 0.3) is 10.0 Å². The smallest absolute Gasteiger partial charge is 0.266 e. The Labute approximate surface area is 124 Å². The van der Waals surface area contributed by atoms with Crippen molar-refractivity contribution in [2.75, 3.05) is 18.3 Å². The number of hydrogen-bond donors (Lipinski definition) is 2. The number of sulfonamides is 1. The zero-order valence-electron chi connectivity index (χ0n) is 12.3. The number of pyridine rings is 1. The Balaban J connectivity index is 2.34. The fraction of sp³-hybridized carbons (Fsp3) is 0.385. The van der Waals surface area contributed by atoms with E-state index in [9.17, 15) is 8.42 Å². The van der Waals surface area contributed by atoms with Crippen molar-refractivity contribution in [3.05, 3.63) is 35.8 Å². The summed E-state index contributed by atoms with van der Waals surface area (Å²) in [7, 11) is -1.86. The van der Waals surface area contributed by atoms with Crippen LogP contribution in [0.5, 0.6) is 0 Å². The second-order valence-corrected chi connectivity index (χ2v) is 6.27. The van der Waals surface area contributed by atoms with Crippen LogP contribution in [0.15, 0.2) is 29.3 Å². The van der Waals surface area contributed by atoms with Crippen LogP contribution in [0.3, 0.4) is 0 Å². The molecule has 0 saturated carbocycles. The molecule has 2 N–H and O–H groups in total. The predicted molar refractivity (Wildman–Crippen MR) is 80.7 cm³/mol. The largest absolute Gasteiger partial charge is 0.318 e. The molecule has 2 aromatic heterocycles. The molecule has 0 fully saturated rings. The summed E-state index contributed by atoms with van der Waals surface area (Å²) in [4.78, 5) is 4.19. The van der Waals surface area contributed by atoms with E-state index in [2.05, 4.69) is 20.1 Å². The van der Waals surface area contributed by atoms with Crippen molar-refractivity contribution in [3.8, 4) is 0 Å². The van der Waals surface area contributed by atoms with Crippen LogP contribution in [0.4, 0.5) is 5.82 Å². The minimum atomic E-state index is -3.70. The van der Waals surface area contributed by atoms with Gasteiger partial charge in [-0.2, -0.15) is 5.10 Å². The summed E-state index contributed by atoms with van der Waals surface area (Å²) >= 11 is 0. The summed E-state index contributed by atoms with van der Waals surface area (Å²) in [6.07, 6.45) is 1.54. The molecule has 0 aliphatic rings. The van der Waals surface area contributed by atoms with E-state index < -0.39 is 10.0 Å². The molecule has 0 aliphatic heterocycles. The van der Waals surface area contributed by atoms with E-state index in [1.807, 2.05) is 7.05 Å². The lowest BCUT2D eigenvalue weighted by Crippen LogP contribution is -2.18. The third-order valence-electron chi connectivity index (χ3n) is 3.06. The molecule has 7 nitrogen and oxygen atoms in total. The molecular formula is C13H19N5O2S. The van der Waals surface area contributed by atoms with E-state index >= 15 is 0 Å². The standard InChI is InChI=1S/C13H19N5O2S/c1-10-13(11(2)18(16-10)9-8-14-3)21(19,20)17-12-6-4-5-7-15-12/h4-7,14H,8-9H2,1-3H3,(H,15,17). The topological polar surface area (TPSA) is 88.9 Å². The van der Waals surface area contributed by atoms with E-state index in [0.717, 1.165) is 6.54 Å². The maximum absolute atomic E-state index is 12.5. The summed E-state index contributed by atoms with van der Waals surface area (Å²) in [5.41, 5.74) is 1.10. The van der Waals surface area contributed by atoms with Gasteiger partial charge in [-0.25, -0.2) is 13.4 Å². The molecule has 8 heteroatoms. The van der Waals surface area contributed by atoms with Crippen molar-refractivity contribution in [2.45, 2.75) is 25.3 Å². The average Bonchev–Trinajstić information content (AvgIpc) is 2.72. The summed E-state index contributed by atoms with van der Waals surface area (Å²) in [5.74, 6) is 0.291. The van der Waals surface area contributed by atoms with Gasteiger partial charge in [-0.15, -0.1) is 0 Å². The Bertz CT molecular complexity index is 710. The van der Waals surface area contributed by atoms with Gasteiger partial charge in [-0.1, -0.05) is 6.07 Å². The van der Waals surface area contributed by atoms with Crippen LogP contribution in [0.25, 0.3) is 0 Å². The first kappa shape index (κ1) is 15.5. The van der Waals surface area contributed by atoms with E-state index in [1.165, 1.54) is 6.20 Å². The SMILES string of the molecule is CNCCn1nc(C)c(S(=O)(=O)Nc2ccccn2)c1C. The van der Waals surface area contributed by atoms with E-state index in [4.69, 9.17) is 0 Å². The zero-order chi connectivity index (χ0) is 15.5. The maximum Gasteiger partial charge on any atom is 0.266 e. The third kappa shape index (κ3) is 3.40. The molecule has 0 bridgehead atoms. The van der Waals surface area contributed by atoms with Crippen LogP contribution in [0.2, 0.25) is 0 Å². The Hall–Kier alpha value is -1.93. The monoisotopic (exact) mass is 309 g/mol. The number of likely N-dealkylation sites (N-methyl/N-ethyl adjacent to an activating group) is 1. The van der Waals surface area contributed by atoms with Crippen LogP contribution < -0.4 is 10.0 Å². The van der Waals surface area contributed by atoms with Gasteiger partial charge >= 0.3 is 0 Å². The highest BCUT2D eigenvalue weighted by Crippen LogP contribution is 2.21. The average molecular weight is 309 g/mol. The molecule has 0 radical (unpaired) electrons. The van der Waals surface area contributed by atoms with Crippen LogP contribution >= 0.6 is 0 Å².